The third kappa shape index (κ3) is 3.30. The molecule has 0 unspecified atom stereocenters. The number of pyridine rings is 1. The largest absolute Gasteiger partial charge is 0.393 e. The predicted molar refractivity (Wildman–Crippen MR) is 94.1 cm³/mol. The molecule has 0 saturated heterocycles. The summed E-state index contributed by atoms with van der Waals surface area (Å²) in [7, 11) is 0. The van der Waals surface area contributed by atoms with Gasteiger partial charge in [0.1, 0.15) is 11.4 Å². The van der Waals surface area contributed by atoms with E-state index in [1.165, 1.54) is 0 Å². The van der Waals surface area contributed by atoms with Gasteiger partial charge in [-0.25, -0.2) is 4.63 Å². The van der Waals surface area contributed by atoms with E-state index in [1.807, 2.05) is 24.3 Å². The zero-order valence-electron chi connectivity index (χ0n) is 14.4. The summed E-state index contributed by atoms with van der Waals surface area (Å²) in [4.78, 5) is 17.0. The van der Waals surface area contributed by atoms with E-state index in [0.717, 1.165) is 16.5 Å². The number of amides is 1. The summed E-state index contributed by atoms with van der Waals surface area (Å²) in [5.74, 6) is 0.0387. The van der Waals surface area contributed by atoms with E-state index in [4.69, 9.17) is 0 Å². The van der Waals surface area contributed by atoms with Gasteiger partial charge >= 0.3 is 0 Å². The maximum Gasteiger partial charge on any atom is 0.226 e. The lowest BCUT2D eigenvalue weighted by atomic mass is 9.75. The zero-order valence-corrected chi connectivity index (χ0v) is 14.4. The van der Waals surface area contributed by atoms with Crippen LogP contribution in [0.1, 0.15) is 35.8 Å². The van der Waals surface area contributed by atoms with E-state index in [0.29, 0.717) is 24.2 Å². The van der Waals surface area contributed by atoms with Crippen LogP contribution in [0.2, 0.25) is 0 Å². The van der Waals surface area contributed by atoms with Crippen molar-refractivity contribution in [3.63, 3.8) is 0 Å². The highest BCUT2D eigenvalue weighted by atomic mass is 16.6. The van der Waals surface area contributed by atoms with E-state index >= 15 is 0 Å². The number of carbonyl (C=O) groups excluding carboxylic acids is 1. The first kappa shape index (κ1) is 16.7. The molecule has 1 aliphatic rings. The van der Waals surface area contributed by atoms with Gasteiger partial charge in [0.2, 0.25) is 5.91 Å². The van der Waals surface area contributed by atoms with Crippen LogP contribution >= 0.6 is 0 Å². The number of carbonyl (C=O) groups is 1. The van der Waals surface area contributed by atoms with Crippen LogP contribution in [0, 0.1) is 12.8 Å². The van der Waals surface area contributed by atoms with Crippen molar-refractivity contribution < 1.29 is 14.5 Å². The summed E-state index contributed by atoms with van der Waals surface area (Å²) in [5, 5.41) is 21.3. The number of hydrogen-bond acceptors (Lipinski definition) is 6. The molecule has 2 N–H and O–H groups in total. The number of para-hydroxylation sites is 1. The topological polar surface area (TPSA) is 101 Å². The van der Waals surface area contributed by atoms with Crippen LogP contribution in [0.25, 0.3) is 10.9 Å². The minimum Gasteiger partial charge on any atom is -0.393 e. The Kier molecular flexibility index (Phi) is 4.38. The van der Waals surface area contributed by atoms with Crippen molar-refractivity contribution in [1.29, 1.82) is 0 Å². The molecular formula is C19H20N4O3. The molecule has 1 atom stereocenters. The molecule has 7 heteroatoms. The van der Waals surface area contributed by atoms with Crippen LogP contribution in [0.15, 0.2) is 41.2 Å². The van der Waals surface area contributed by atoms with E-state index in [-0.39, 0.29) is 30.4 Å². The lowest BCUT2D eigenvalue weighted by Gasteiger charge is -2.38. The van der Waals surface area contributed by atoms with Crippen LogP contribution < -0.4 is 5.32 Å². The first-order valence-electron chi connectivity index (χ1n) is 8.70. The van der Waals surface area contributed by atoms with Crippen LogP contribution in [-0.2, 0) is 11.2 Å². The molecule has 134 valence electrons. The van der Waals surface area contributed by atoms with Gasteiger partial charge in [0, 0.05) is 11.6 Å². The number of nitrogens with one attached hydrogen (secondary N) is 1. The van der Waals surface area contributed by atoms with Crippen molar-refractivity contribution in [2.24, 2.45) is 5.92 Å². The standard InChI is InChI=1S/C19H20N4O3/c1-11-17(23-26-22-11)9-18(25)21-19(13-7-15(24)8-13)14-6-12-4-2-3-5-16(12)20-10-14/h2-6,10,13,15,19,24H,7-9H2,1H3,(H,21,25)/t13?,15?,19-/m1/s1. The third-order valence-corrected chi connectivity index (χ3v) is 4.98. The van der Waals surface area contributed by atoms with E-state index in [1.54, 1.807) is 13.1 Å². The van der Waals surface area contributed by atoms with Crippen LogP contribution in [-0.4, -0.2) is 32.4 Å². The lowest BCUT2D eigenvalue weighted by molar-refractivity contribution is -0.122. The van der Waals surface area contributed by atoms with Gasteiger partial charge in [0.15, 0.2) is 0 Å². The van der Waals surface area contributed by atoms with Gasteiger partial charge in [-0.05, 0) is 43.4 Å². The Morgan fingerprint density at radius 2 is 2.15 bits per heavy atom. The molecule has 4 rings (SSSR count). The van der Waals surface area contributed by atoms with Crippen molar-refractivity contribution in [2.45, 2.75) is 38.3 Å². The molecule has 1 aliphatic carbocycles. The fourth-order valence-electron chi connectivity index (χ4n) is 3.42. The van der Waals surface area contributed by atoms with E-state index < -0.39 is 0 Å². The van der Waals surface area contributed by atoms with Crippen molar-refractivity contribution >= 4 is 16.8 Å². The smallest absolute Gasteiger partial charge is 0.226 e. The molecule has 2 heterocycles. The summed E-state index contributed by atoms with van der Waals surface area (Å²) in [6.07, 6.45) is 2.96. The van der Waals surface area contributed by atoms with Crippen molar-refractivity contribution in [3.8, 4) is 0 Å². The SMILES string of the molecule is Cc1nonc1CC(=O)N[C@@H](c1cnc2ccccc2c1)C1CC(O)C1. The predicted octanol–water partition coefficient (Wildman–Crippen LogP) is 2.10. The number of aliphatic hydroxyl groups excluding tert-OH is 1. The minimum atomic E-state index is -0.296. The number of nitrogens with zero attached hydrogens (tertiary/aromatic N) is 3. The number of aryl methyl sites for hydroxylation is 1. The van der Waals surface area contributed by atoms with E-state index in [9.17, 15) is 9.90 Å². The molecule has 26 heavy (non-hydrogen) atoms. The minimum absolute atomic E-state index is 0.113. The van der Waals surface area contributed by atoms with Gasteiger partial charge in [-0.15, -0.1) is 0 Å². The van der Waals surface area contributed by atoms with Gasteiger partial charge in [0.25, 0.3) is 0 Å². The number of hydrogen-bond donors (Lipinski definition) is 2. The van der Waals surface area contributed by atoms with Crippen molar-refractivity contribution in [2.75, 3.05) is 0 Å². The van der Waals surface area contributed by atoms with Gasteiger partial charge in [-0.2, -0.15) is 0 Å². The average molecular weight is 352 g/mol. The quantitative estimate of drug-likeness (QED) is 0.729. The fourth-order valence-corrected chi connectivity index (χ4v) is 3.42. The Bertz CT molecular complexity index is 933. The zero-order chi connectivity index (χ0) is 18.1. The maximum atomic E-state index is 12.5. The molecule has 7 nitrogen and oxygen atoms in total. The molecule has 0 aliphatic heterocycles. The molecule has 1 saturated carbocycles. The highest BCUT2D eigenvalue weighted by molar-refractivity contribution is 5.80. The molecule has 0 spiro atoms. The van der Waals surface area contributed by atoms with Gasteiger partial charge in [-0.3, -0.25) is 9.78 Å². The molecule has 0 bridgehead atoms. The summed E-state index contributed by atoms with van der Waals surface area (Å²) in [6.45, 7) is 1.76. The molecule has 0 radical (unpaired) electrons. The van der Waals surface area contributed by atoms with Gasteiger partial charge in [-0.1, -0.05) is 28.5 Å². The second-order valence-corrected chi connectivity index (χ2v) is 6.86. The molecule has 1 fully saturated rings. The average Bonchev–Trinajstić information content (AvgIpc) is 3.01. The second kappa shape index (κ2) is 6.84. The van der Waals surface area contributed by atoms with Crippen molar-refractivity contribution in [3.05, 3.63) is 53.5 Å². The summed E-state index contributed by atoms with van der Waals surface area (Å²) in [6, 6.07) is 9.74. The highest BCUT2D eigenvalue weighted by Crippen LogP contribution is 2.38. The maximum absolute atomic E-state index is 12.5. The third-order valence-electron chi connectivity index (χ3n) is 4.98. The molecule has 1 aromatic carbocycles. The Labute approximate surface area is 150 Å². The number of aliphatic hydroxyl groups is 1. The lowest BCUT2D eigenvalue weighted by Crippen LogP contribution is -2.42. The number of benzene rings is 1. The molecular weight excluding hydrogens is 332 g/mol. The number of fused-ring (bicyclic) bond motifs is 1. The first-order chi connectivity index (χ1) is 12.6. The molecule has 3 aromatic rings. The Morgan fingerprint density at radius 3 is 2.88 bits per heavy atom. The molecule has 2 aromatic heterocycles. The van der Waals surface area contributed by atoms with Gasteiger partial charge in [0.05, 0.1) is 24.1 Å². The second-order valence-electron chi connectivity index (χ2n) is 6.86. The normalized spacial score (nSPS) is 20.5. The summed E-state index contributed by atoms with van der Waals surface area (Å²) in [5.41, 5.74) is 3.01. The van der Waals surface area contributed by atoms with Crippen LogP contribution in [0.5, 0.6) is 0 Å². The summed E-state index contributed by atoms with van der Waals surface area (Å²) < 4.78 is 4.65. The Hall–Kier alpha value is -2.80. The summed E-state index contributed by atoms with van der Waals surface area (Å²) >= 11 is 0. The highest BCUT2D eigenvalue weighted by Gasteiger charge is 2.36. The molecule has 1 amide bonds. The van der Waals surface area contributed by atoms with Crippen LogP contribution in [0.4, 0.5) is 0 Å². The van der Waals surface area contributed by atoms with Gasteiger partial charge < -0.3 is 10.4 Å². The number of aromatic nitrogens is 3. The monoisotopic (exact) mass is 352 g/mol. The Morgan fingerprint density at radius 1 is 1.35 bits per heavy atom. The number of rotatable bonds is 5. The fraction of sp³-hybridized carbons (Fsp3) is 0.368. The van der Waals surface area contributed by atoms with E-state index in [2.05, 4.69) is 31.3 Å². The first-order valence-corrected chi connectivity index (χ1v) is 8.70. The van der Waals surface area contributed by atoms with Crippen molar-refractivity contribution in [1.82, 2.24) is 20.6 Å². The Balaban J connectivity index is 1.57. The van der Waals surface area contributed by atoms with Crippen LogP contribution in [0.3, 0.4) is 0 Å².